The third kappa shape index (κ3) is 8.63. The fourth-order valence-electron chi connectivity index (χ4n) is 17.3. The van der Waals surface area contributed by atoms with Gasteiger partial charge in [0, 0.05) is 56.2 Å². The highest BCUT2D eigenvalue weighted by molar-refractivity contribution is 7.00. The molecule has 15 rings (SSSR count). The average molecular weight is 1170 g/mol. The predicted octanol–water partition coefficient (Wildman–Crippen LogP) is 21.4. The molecule has 450 valence electrons. The van der Waals surface area contributed by atoms with Crippen LogP contribution in [0.5, 0.6) is 0 Å². The van der Waals surface area contributed by atoms with Crippen LogP contribution in [0.1, 0.15) is 222 Å². The van der Waals surface area contributed by atoms with Gasteiger partial charge in [0.25, 0.3) is 6.71 Å². The van der Waals surface area contributed by atoms with Gasteiger partial charge in [-0.25, -0.2) is 0 Å². The van der Waals surface area contributed by atoms with Crippen LogP contribution >= 0.6 is 0 Å². The van der Waals surface area contributed by atoms with Gasteiger partial charge in [0.2, 0.25) is 0 Å². The zero-order valence-corrected chi connectivity index (χ0v) is 56.6. The van der Waals surface area contributed by atoms with Crippen molar-refractivity contribution >= 4 is 74.3 Å². The molecule has 2 aliphatic heterocycles. The molecule has 1 fully saturated rings. The van der Waals surface area contributed by atoms with E-state index in [1.54, 1.807) is 0 Å². The average Bonchev–Trinajstić information content (AvgIpc) is 0.699. The quantitative estimate of drug-likeness (QED) is 0.159. The molecule has 1 unspecified atom stereocenters. The van der Waals surface area contributed by atoms with Crippen molar-refractivity contribution in [1.29, 1.82) is 0 Å². The molecule has 9 aromatic rings. The van der Waals surface area contributed by atoms with Crippen molar-refractivity contribution in [3.8, 4) is 11.1 Å². The number of hydrogen-bond acceptors (Lipinski definition) is 3. The van der Waals surface area contributed by atoms with E-state index in [1.165, 1.54) is 141 Å². The molecule has 2 heterocycles. The first kappa shape index (κ1) is 57.9. The maximum Gasteiger partial charge on any atom is 0.252 e. The Labute approximate surface area is 533 Å². The zero-order chi connectivity index (χ0) is 62.6. The van der Waals surface area contributed by atoms with Crippen LogP contribution in [0, 0.1) is 6.92 Å². The number of benzene rings is 9. The molecular formula is C85H92BN3. The summed E-state index contributed by atoms with van der Waals surface area (Å²) in [4.78, 5) is 8.12. The van der Waals surface area contributed by atoms with Gasteiger partial charge >= 0.3 is 0 Å². The van der Waals surface area contributed by atoms with E-state index in [0.29, 0.717) is 11.8 Å². The Balaban J connectivity index is 1.12. The zero-order valence-electron chi connectivity index (χ0n) is 56.6. The van der Waals surface area contributed by atoms with E-state index >= 15 is 0 Å². The van der Waals surface area contributed by atoms with Crippen LogP contribution in [0.15, 0.2) is 170 Å². The summed E-state index contributed by atoms with van der Waals surface area (Å²) in [5.41, 5.74) is 34.1. The van der Waals surface area contributed by atoms with E-state index in [9.17, 15) is 0 Å². The van der Waals surface area contributed by atoms with Crippen LogP contribution in [-0.2, 0) is 37.9 Å². The van der Waals surface area contributed by atoms with Gasteiger partial charge in [-0.3, -0.25) is 0 Å². The van der Waals surface area contributed by atoms with E-state index < -0.39 is 0 Å². The molecule has 0 spiro atoms. The van der Waals surface area contributed by atoms with Gasteiger partial charge in [-0.2, -0.15) is 0 Å². The fraction of sp³-hybridized carbons (Fsp3) is 0.365. The molecule has 6 aliphatic rings. The third-order valence-corrected chi connectivity index (χ3v) is 22.9. The molecule has 0 radical (unpaired) electrons. The fourth-order valence-corrected chi connectivity index (χ4v) is 17.3. The van der Waals surface area contributed by atoms with Crippen molar-refractivity contribution in [2.75, 3.05) is 14.7 Å². The van der Waals surface area contributed by atoms with Gasteiger partial charge in [0.05, 0.1) is 11.4 Å². The summed E-state index contributed by atoms with van der Waals surface area (Å²) in [5.74, 6) is 1.04. The van der Waals surface area contributed by atoms with Gasteiger partial charge in [0.15, 0.2) is 0 Å². The van der Waals surface area contributed by atoms with Crippen molar-refractivity contribution in [3.63, 3.8) is 0 Å². The van der Waals surface area contributed by atoms with E-state index in [-0.39, 0.29) is 44.6 Å². The van der Waals surface area contributed by atoms with Gasteiger partial charge in [-0.05, 0) is 221 Å². The van der Waals surface area contributed by atoms with Crippen LogP contribution in [0.2, 0.25) is 0 Å². The minimum atomic E-state index is -0.273. The summed E-state index contributed by atoms with van der Waals surface area (Å²) >= 11 is 0. The molecule has 89 heavy (non-hydrogen) atoms. The Hall–Kier alpha value is -7.56. The highest BCUT2D eigenvalue weighted by Gasteiger charge is 2.50. The van der Waals surface area contributed by atoms with Crippen LogP contribution in [-0.4, -0.2) is 6.71 Å². The lowest BCUT2D eigenvalue weighted by molar-refractivity contribution is 0.332. The third-order valence-electron chi connectivity index (χ3n) is 22.9. The smallest absolute Gasteiger partial charge is 0.252 e. The molecule has 0 amide bonds. The Morgan fingerprint density at radius 3 is 1.43 bits per heavy atom. The first-order valence-corrected chi connectivity index (χ1v) is 33.6. The van der Waals surface area contributed by atoms with Crippen LogP contribution in [0.3, 0.4) is 0 Å². The van der Waals surface area contributed by atoms with Crippen molar-refractivity contribution in [2.45, 2.75) is 200 Å². The highest BCUT2D eigenvalue weighted by Crippen LogP contribution is 2.61. The Morgan fingerprint density at radius 2 is 0.865 bits per heavy atom. The standard InChI is InChI=1S/C85H92BN3/c1-51-44-65-66(83(13,14)43-42-82(65,11)12)49-73(51)89-74-50-68-67(84(15,16)63-27-21-22-28-64(63)85(68,17)18)48-70(74)86-69-45-54(81(8,9)10)34-41-71(69)88(72-29-23-26-62-60-40-39-59(60)58-24-19-20-25-61(58)77(62)72)75-46-57(47-76(89)78(75)86)87(55-35-30-52(31-36-55)79(2,3)4)56-37-32-53(33-38-56)80(5,6)7/h19-38,41,44-50,59-60H,39-40,42-43H2,1-18H3/t59?,60-/m0/s1. The molecule has 4 aliphatic carbocycles. The summed E-state index contributed by atoms with van der Waals surface area (Å²) in [6.45, 7) is 43.4. The maximum absolute atomic E-state index is 2.79. The molecule has 4 heteroatoms. The van der Waals surface area contributed by atoms with Crippen LogP contribution in [0.25, 0.3) is 11.1 Å². The van der Waals surface area contributed by atoms with E-state index in [0.717, 1.165) is 29.9 Å². The summed E-state index contributed by atoms with van der Waals surface area (Å²) < 4.78 is 0. The van der Waals surface area contributed by atoms with E-state index in [2.05, 4.69) is 309 Å². The summed E-state index contributed by atoms with van der Waals surface area (Å²) in [5, 5.41) is 0. The number of fused-ring (bicyclic) bond motifs is 13. The molecule has 3 nitrogen and oxygen atoms in total. The molecule has 0 aromatic heterocycles. The Bertz CT molecular complexity index is 4360. The van der Waals surface area contributed by atoms with Crippen LogP contribution < -0.4 is 31.1 Å². The molecule has 9 aromatic carbocycles. The van der Waals surface area contributed by atoms with Crippen molar-refractivity contribution in [1.82, 2.24) is 0 Å². The first-order chi connectivity index (χ1) is 41.9. The molecular weight excluding hydrogens is 1070 g/mol. The first-order valence-electron chi connectivity index (χ1n) is 33.6. The lowest BCUT2D eigenvalue weighted by Gasteiger charge is -2.49. The minimum Gasteiger partial charge on any atom is -0.311 e. The van der Waals surface area contributed by atoms with Gasteiger partial charge in [-0.15, -0.1) is 0 Å². The van der Waals surface area contributed by atoms with Gasteiger partial charge in [-0.1, -0.05) is 227 Å². The molecule has 2 atom stereocenters. The summed E-state index contributed by atoms with van der Waals surface area (Å²) in [6.07, 6.45) is 4.76. The number of nitrogens with zero attached hydrogens (tertiary/aromatic N) is 3. The SMILES string of the molecule is Cc1cc2c(cc1N1c3cc4c(cc3B3c5cc(C(C)(C)C)ccc5N(c5cccc6c5-c5ccccc5C5CC[C@H]65)c5cc(N(c6ccc(C(C)(C)C)cc6)c6ccc(C(C)(C)C)cc6)cc1c53)C(C)(C)c1ccccc1C4(C)C)C(C)(C)CCC2(C)C. The highest BCUT2D eigenvalue weighted by atomic mass is 15.2. The van der Waals surface area contributed by atoms with E-state index in [4.69, 9.17) is 0 Å². The molecule has 1 saturated carbocycles. The largest absolute Gasteiger partial charge is 0.311 e. The lowest BCUT2D eigenvalue weighted by Crippen LogP contribution is -2.62. The second kappa shape index (κ2) is 19.2. The lowest BCUT2D eigenvalue weighted by atomic mass is 9.33. The molecule has 0 bridgehead atoms. The molecule has 0 N–H and O–H groups in total. The van der Waals surface area contributed by atoms with Gasteiger partial charge in [0.1, 0.15) is 0 Å². The summed E-state index contributed by atoms with van der Waals surface area (Å²) in [6, 6.07) is 68.6. The van der Waals surface area contributed by atoms with Crippen molar-refractivity contribution in [3.05, 3.63) is 237 Å². The number of anilines is 9. The number of rotatable bonds is 5. The Kier molecular flexibility index (Phi) is 12.5. The topological polar surface area (TPSA) is 9.72 Å². The summed E-state index contributed by atoms with van der Waals surface area (Å²) in [7, 11) is 0. The van der Waals surface area contributed by atoms with Gasteiger partial charge < -0.3 is 14.7 Å². The Morgan fingerprint density at radius 1 is 0.393 bits per heavy atom. The predicted molar refractivity (Wildman–Crippen MR) is 382 cm³/mol. The second-order valence-electron chi connectivity index (χ2n) is 33.3. The van der Waals surface area contributed by atoms with E-state index in [1.807, 2.05) is 0 Å². The molecule has 0 saturated heterocycles. The monoisotopic (exact) mass is 1170 g/mol. The normalized spacial score (nSPS) is 19.2. The number of hydrogen-bond donors (Lipinski definition) is 0. The second-order valence-corrected chi connectivity index (χ2v) is 33.3. The number of aryl methyl sites for hydroxylation is 1. The van der Waals surface area contributed by atoms with Crippen molar-refractivity contribution in [2.24, 2.45) is 0 Å². The minimum absolute atomic E-state index is 0.00807. The maximum atomic E-state index is 2.79. The van der Waals surface area contributed by atoms with Crippen molar-refractivity contribution < 1.29 is 0 Å². The van der Waals surface area contributed by atoms with Crippen LogP contribution in [0.4, 0.5) is 51.2 Å².